The third-order valence-electron chi connectivity index (χ3n) is 3.31. The Balaban J connectivity index is 1.92. The van der Waals surface area contributed by atoms with Crippen molar-refractivity contribution in [3.8, 4) is 0 Å². The lowest BCUT2D eigenvalue weighted by atomic mass is 10.1. The van der Waals surface area contributed by atoms with Gasteiger partial charge < -0.3 is 10.1 Å². The molecule has 0 bridgehead atoms. The van der Waals surface area contributed by atoms with Crippen LogP contribution < -0.4 is 5.32 Å². The van der Waals surface area contributed by atoms with Crippen molar-refractivity contribution >= 4 is 0 Å². The first-order valence-corrected chi connectivity index (χ1v) is 6.77. The van der Waals surface area contributed by atoms with Crippen molar-refractivity contribution < 1.29 is 4.74 Å². The molecule has 18 heavy (non-hydrogen) atoms. The van der Waals surface area contributed by atoms with Crippen LogP contribution in [-0.4, -0.2) is 37.2 Å². The minimum atomic E-state index is 0.345. The third-order valence-corrected chi connectivity index (χ3v) is 3.31. The van der Waals surface area contributed by atoms with Crippen LogP contribution in [0.15, 0.2) is 24.3 Å². The van der Waals surface area contributed by atoms with Gasteiger partial charge in [-0.05, 0) is 32.0 Å². The quantitative estimate of drug-likeness (QED) is 0.882. The Morgan fingerprint density at radius 2 is 1.67 bits per heavy atom. The van der Waals surface area contributed by atoms with Crippen molar-refractivity contribution in [2.24, 2.45) is 0 Å². The van der Waals surface area contributed by atoms with E-state index in [9.17, 15) is 0 Å². The number of nitrogens with one attached hydrogen (secondary N) is 1. The molecule has 3 heteroatoms. The van der Waals surface area contributed by atoms with Crippen LogP contribution in [0.1, 0.15) is 25.0 Å². The van der Waals surface area contributed by atoms with E-state index in [-0.39, 0.29) is 0 Å². The zero-order valence-electron chi connectivity index (χ0n) is 11.6. The number of nitrogens with zero attached hydrogens (tertiary/aromatic N) is 1. The first kappa shape index (κ1) is 13.5. The number of hydrogen-bond acceptors (Lipinski definition) is 3. The van der Waals surface area contributed by atoms with Crippen LogP contribution >= 0.6 is 0 Å². The van der Waals surface area contributed by atoms with Gasteiger partial charge in [-0.25, -0.2) is 0 Å². The zero-order chi connectivity index (χ0) is 13.0. The molecule has 100 valence electrons. The SMILES string of the molecule is CNCc1ccc(CN2C[C@@H](C)O[C@H](C)C2)cc1. The van der Waals surface area contributed by atoms with Gasteiger partial charge in [0.05, 0.1) is 12.2 Å². The van der Waals surface area contributed by atoms with Crippen molar-refractivity contribution in [1.82, 2.24) is 10.2 Å². The van der Waals surface area contributed by atoms with Crippen LogP contribution in [0.2, 0.25) is 0 Å². The highest BCUT2D eigenvalue weighted by molar-refractivity contribution is 5.22. The molecular formula is C15H24N2O. The molecule has 0 spiro atoms. The van der Waals surface area contributed by atoms with Crippen LogP contribution in [0, 0.1) is 0 Å². The molecule has 0 saturated carbocycles. The van der Waals surface area contributed by atoms with E-state index in [0.29, 0.717) is 12.2 Å². The molecule has 1 fully saturated rings. The average molecular weight is 248 g/mol. The summed E-state index contributed by atoms with van der Waals surface area (Å²) in [5.74, 6) is 0. The van der Waals surface area contributed by atoms with E-state index in [1.807, 2.05) is 7.05 Å². The van der Waals surface area contributed by atoms with Gasteiger partial charge in [-0.15, -0.1) is 0 Å². The standard InChI is InChI=1S/C15H24N2O/c1-12-9-17(10-13(2)18-12)11-15-6-4-14(5-7-15)8-16-3/h4-7,12-13,16H,8-11H2,1-3H3/t12-,13-/m1/s1. The molecule has 2 atom stereocenters. The van der Waals surface area contributed by atoms with Crippen molar-refractivity contribution in [2.75, 3.05) is 20.1 Å². The summed E-state index contributed by atoms with van der Waals surface area (Å²) in [6, 6.07) is 8.88. The van der Waals surface area contributed by atoms with Crippen LogP contribution in [0.3, 0.4) is 0 Å². The Kier molecular flexibility index (Phi) is 4.75. The van der Waals surface area contributed by atoms with E-state index in [2.05, 4.69) is 48.3 Å². The molecule has 0 aromatic heterocycles. The lowest BCUT2D eigenvalue weighted by Gasteiger charge is -2.35. The van der Waals surface area contributed by atoms with Crippen molar-refractivity contribution in [1.29, 1.82) is 0 Å². The van der Waals surface area contributed by atoms with E-state index in [4.69, 9.17) is 4.74 Å². The Bertz CT molecular complexity index is 353. The molecular weight excluding hydrogens is 224 g/mol. The molecule has 0 radical (unpaired) electrons. The highest BCUT2D eigenvalue weighted by atomic mass is 16.5. The maximum Gasteiger partial charge on any atom is 0.0678 e. The summed E-state index contributed by atoms with van der Waals surface area (Å²) in [5.41, 5.74) is 2.72. The number of hydrogen-bond donors (Lipinski definition) is 1. The van der Waals surface area contributed by atoms with E-state index in [0.717, 1.165) is 26.2 Å². The molecule has 1 aromatic rings. The summed E-state index contributed by atoms with van der Waals surface area (Å²) in [7, 11) is 1.98. The van der Waals surface area contributed by atoms with Crippen molar-refractivity contribution in [3.05, 3.63) is 35.4 Å². The Morgan fingerprint density at radius 3 is 2.22 bits per heavy atom. The fourth-order valence-electron chi connectivity index (χ4n) is 2.64. The highest BCUT2D eigenvalue weighted by Crippen LogP contribution is 2.14. The number of morpholine rings is 1. The van der Waals surface area contributed by atoms with Crippen LogP contribution in [0.25, 0.3) is 0 Å². The smallest absolute Gasteiger partial charge is 0.0678 e. The van der Waals surface area contributed by atoms with Gasteiger partial charge in [0.15, 0.2) is 0 Å². The van der Waals surface area contributed by atoms with Crippen LogP contribution in [-0.2, 0) is 17.8 Å². The second-order valence-corrected chi connectivity index (χ2v) is 5.30. The minimum Gasteiger partial charge on any atom is -0.373 e. The molecule has 1 aromatic carbocycles. The predicted molar refractivity (Wildman–Crippen MR) is 74.5 cm³/mol. The van der Waals surface area contributed by atoms with Gasteiger partial charge >= 0.3 is 0 Å². The first-order valence-electron chi connectivity index (χ1n) is 6.77. The lowest BCUT2D eigenvalue weighted by Crippen LogP contribution is -2.44. The minimum absolute atomic E-state index is 0.345. The first-order chi connectivity index (χ1) is 8.67. The Labute approximate surface area is 110 Å². The van der Waals surface area contributed by atoms with Crippen LogP contribution in [0.4, 0.5) is 0 Å². The summed E-state index contributed by atoms with van der Waals surface area (Å²) in [4.78, 5) is 2.48. The Hall–Kier alpha value is -0.900. The molecule has 1 aliphatic heterocycles. The molecule has 1 saturated heterocycles. The van der Waals surface area contributed by atoms with E-state index < -0.39 is 0 Å². The monoisotopic (exact) mass is 248 g/mol. The van der Waals surface area contributed by atoms with Gasteiger partial charge in [0.25, 0.3) is 0 Å². The molecule has 2 rings (SSSR count). The predicted octanol–water partition coefficient (Wildman–Crippen LogP) is 2.02. The molecule has 0 unspecified atom stereocenters. The number of rotatable bonds is 4. The van der Waals surface area contributed by atoms with Crippen molar-refractivity contribution in [3.63, 3.8) is 0 Å². The van der Waals surface area contributed by atoms with Crippen molar-refractivity contribution in [2.45, 2.75) is 39.1 Å². The maximum atomic E-state index is 5.76. The van der Waals surface area contributed by atoms with Crippen LogP contribution in [0.5, 0.6) is 0 Å². The zero-order valence-corrected chi connectivity index (χ0v) is 11.6. The van der Waals surface area contributed by atoms with Gasteiger partial charge in [0.2, 0.25) is 0 Å². The highest BCUT2D eigenvalue weighted by Gasteiger charge is 2.21. The van der Waals surface area contributed by atoms with Gasteiger partial charge in [-0.3, -0.25) is 4.90 Å². The lowest BCUT2D eigenvalue weighted by molar-refractivity contribution is -0.0704. The maximum absolute atomic E-state index is 5.76. The molecule has 0 amide bonds. The molecule has 3 nitrogen and oxygen atoms in total. The Morgan fingerprint density at radius 1 is 1.11 bits per heavy atom. The second kappa shape index (κ2) is 6.32. The molecule has 1 N–H and O–H groups in total. The average Bonchev–Trinajstić information content (AvgIpc) is 2.31. The summed E-state index contributed by atoms with van der Waals surface area (Å²) < 4.78 is 5.76. The van der Waals surface area contributed by atoms with E-state index in [1.54, 1.807) is 0 Å². The fraction of sp³-hybridized carbons (Fsp3) is 0.600. The normalized spacial score (nSPS) is 25.3. The topological polar surface area (TPSA) is 24.5 Å². The summed E-state index contributed by atoms with van der Waals surface area (Å²) in [5, 5.41) is 3.17. The summed E-state index contributed by atoms with van der Waals surface area (Å²) in [6.45, 7) is 8.33. The molecule has 1 heterocycles. The van der Waals surface area contributed by atoms with Gasteiger partial charge in [-0.1, -0.05) is 24.3 Å². The summed E-state index contributed by atoms with van der Waals surface area (Å²) in [6.07, 6.45) is 0.689. The fourth-order valence-corrected chi connectivity index (χ4v) is 2.64. The largest absolute Gasteiger partial charge is 0.373 e. The number of ether oxygens (including phenoxy) is 1. The summed E-state index contributed by atoms with van der Waals surface area (Å²) >= 11 is 0. The molecule has 0 aliphatic carbocycles. The molecule has 1 aliphatic rings. The second-order valence-electron chi connectivity index (χ2n) is 5.30. The van der Waals surface area contributed by atoms with Gasteiger partial charge in [0, 0.05) is 26.2 Å². The number of benzene rings is 1. The van der Waals surface area contributed by atoms with Gasteiger partial charge in [0.1, 0.15) is 0 Å². The van der Waals surface area contributed by atoms with E-state index >= 15 is 0 Å². The third kappa shape index (κ3) is 3.80. The van der Waals surface area contributed by atoms with Gasteiger partial charge in [-0.2, -0.15) is 0 Å². The van der Waals surface area contributed by atoms with E-state index in [1.165, 1.54) is 11.1 Å².